The normalized spacial score (nSPS) is 17.4. The molecule has 2 rings (SSSR count). The zero-order chi connectivity index (χ0) is 16.8. The van der Waals surface area contributed by atoms with E-state index in [0.717, 1.165) is 6.42 Å². The van der Waals surface area contributed by atoms with Crippen LogP contribution in [0.4, 0.5) is 8.78 Å². The SMILES string of the molecule is CCCNC(=O)C1CCCN1C(=O)c1ccccc1OC(F)F. The molecule has 1 aliphatic rings. The molecule has 1 atom stereocenters. The molecule has 0 aliphatic carbocycles. The number of amides is 2. The van der Waals surface area contributed by atoms with Crippen LogP contribution in [0.2, 0.25) is 0 Å². The fraction of sp³-hybridized carbons (Fsp3) is 0.500. The molecule has 1 unspecified atom stereocenters. The number of carbonyl (C=O) groups excluding carboxylic acids is 2. The van der Waals surface area contributed by atoms with E-state index in [-0.39, 0.29) is 17.2 Å². The molecule has 0 radical (unpaired) electrons. The van der Waals surface area contributed by atoms with Gasteiger partial charge in [0, 0.05) is 13.1 Å². The number of alkyl halides is 2. The molecule has 126 valence electrons. The van der Waals surface area contributed by atoms with Crippen molar-refractivity contribution in [2.24, 2.45) is 0 Å². The van der Waals surface area contributed by atoms with Gasteiger partial charge in [0.05, 0.1) is 5.56 Å². The smallest absolute Gasteiger partial charge is 0.387 e. The summed E-state index contributed by atoms with van der Waals surface area (Å²) in [6.07, 6.45) is 2.07. The van der Waals surface area contributed by atoms with Crippen LogP contribution in [-0.4, -0.2) is 42.5 Å². The minimum absolute atomic E-state index is 0.0444. The Morgan fingerprint density at radius 3 is 2.83 bits per heavy atom. The second-order valence-electron chi connectivity index (χ2n) is 5.32. The first kappa shape index (κ1) is 17.2. The largest absolute Gasteiger partial charge is 0.434 e. The first-order valence-corrected chi connectivity index (χ1v) is 7.67. The minimum Gasteiger partial charge on any atom is -0.434 e. The summed E-state index contributed by atoms with van der Waals surface area (Å²) < 4.78 is 29.4. The number of halogens is 2. The lowest BCUT2D eigenvalue weighted by atomic mass is 10.1. The van der Waals surface area contributed by atoms with Crippen molar-refractivity contribution in [2.75, 3.05) is 13.1 Å². The van der Waals surface area contributed by atoms with Crippen molar-refractivity contribution >= 4 is 11.8 Å². The van der Waals surface area contributed by atoms with Crippen molar-refractivity contribution in [2.45, 2.75) is 38.8 Å². The fourth-order valence-electron chi connectivity index (χ4n) is 2.65. The lowest BCUT2D eigenvalue weighted by Crippen LogP contribution is -2.46. The summed E-state index contributed by atoms with van der Waals surface area (Å²) in [4.78, 5) is 26.2. The monoisotopic (exact) mass is 326 g/mol. The zero-order valence-corrected chi connectivity index (χ0v) is 12.9. The number of para-hydroxylation sites is 1. The first-order valence-electron chi connectivity index (χ1n) is 7.67. The number of benzene rings is 1. The molecule has 1 aromatic carbocycles. The summed E-state index contributed by atoms with van der Waals surface area (Å²) in [6.45, 7) is -0.101. The number of hydrogen-bond donors (Lipinski definition) is 1. The van der Waals surface area contributed by atoms with Crippen LogP contribution >= 0.6 is 0 Å². The summed E-state index contributed by atoms with van der Waals surface area (Å²) in [5.74, 6) is -0.840. The number of ether oxygens (including phenoxy) is 1. The van der Waals surface area contributed by atoms with Crippen LogP contribution in [0.5, 0.6) is 5.75 Å². The molecule has 2 amide bonds. The Bertz CT molecular complexity index is 566. The van der Waals surface area contributed by atoms with Crippen LogP contribution < -0.4 is 10.1 Å². The summed E-state index contributed by atoms with van der Waals surface area (Å²) in [6, 6.07) is 5.28. The Balaban J connectivity index is 2.17. The van der Waals surface area contributed by atoms with Gasteiger partial charge in [0.15, 0.2) is 0 Å². The third kappa shape index (κ3) is 4.18. The fourth-order valence-corrected chi connectivity index (χ4v) is 2.65. The third-order valence-corrected chi connectivity index (χ3v) is 3.70. The molecule has 1 aliphatic heterocycles. The Labute approximate surface area is 133 Å². The summed E-state index contributed by atoms with van der Waals surface area (Å²) >= 11 is 0. The first-order chi connectivity index (χ1) is 11.0. The van der Waals surface area contributed by atoms with E-state index in [1.54, 1.807) is 6.07 Å². The molecule has 0 aromatic heterocycles. The second kappa shape index (κ2) is 7.89. The van der Waals surface area contributed by atoms with Gasteiger partial charge < -0.3 is 15.0 Å². The molecule has 23 heavy (non-hydrogen) atoms. The van der Waals surface area contributed by atoms with Crippen LogP contribution in [0.25, 0.3) is 0 Å². The van der Waals surface area contributed by atoms with Gasteiger partial charge in [-0.05, 0) is 31.4 Å². The van der Waals surface area contributed by atoms with E-state index in [1.165, 1.54) is 23.1 Å². The summed E-state index contributed by atoms with van der Waals surface area (Å²) in [7, 11) is 0. The van der Waals surface area contributed by atoms with Crippen LogP contribution in [0.3, 0.4) is 0 Å². The van der Waals surface area contributed by atoms with Gasteiger partial charge in [0.1, 0.15) is 11.8 Å². The molecule has 7 heteroatoms. The molecular formula is C16H20F2N2O3. The number of likely N-dealkylation sites (tertiary alicyclic amines) is 1. The molecule has 0 bridgehead atoms. The predicted octanol–water partition coefficient (Wildman–Crippen LogP) is 2.42. The number of hydrogen-bond acceptors (Lipinski definition) is 3. The maximum absolute atomic E-state index is 12.7. The highest BCUT2D eigenvalue weighted by atomic mass is 19.3. The topological polar surface area (TPSA) is 58.6 Å². The minimum atomic E-state index is -3.01. The molecule has 1 saturated heterocycles. The molecule has 5 nitrogen and oxygen atoms in total. The molecule has 0 saturated carbocycles. The highest BCUT2D eigenvalue weighted by Crippen LogP contribution is 2.26. The summed E-state index contributed by atoms with van der Waals surface area (Å²) in [5, 5.41) is 2.77. The number of nitrogens with zero attached hydrogens (tertiary/aromatic N) is 1. The van der Waals surface area contributed by atoms with Crippen LogP contribution in [0.1, 0.15) is 36.5 Å². The maximum atomic E-state index is 12.7. The average molecular weight is 326 g/mol. The van der Waals surface area contributed by atoms with Gasteiger partial charge in [-0.3, -0.25) is 9.59 Å². The highest BCUT2D eigenvalue weighted by molar-refractivity contribution is 6.00. The van der Waals surface area contributed by atoms with E-state index in [4.69, 9.17) is 0 Å². The molecule has 1 heterocycles. The lowest BCUT2D eigenvalue weighted by Gasteiger charge is -2.24. The van der Waals surface area contributed by atoms with Gasteiger partial charge in [-0.25, -0.2) is 0 Å². The molecule has 0 spiro atoms. The molecule has 1 N–H and O–H groups in total. The van der Waals surface area contributed by atoms with Gasteiger partial charge in [-0.15, -0.1) is 0 Å². The van der Waals surface area contributed by atoms with Gasteiger partial charge in [0.2, 0.25) is 5.91 Å². The van der Waals surface area contributed by atoms with Crippen molar-refractivity contribution in [1.82, 2.24) is 10.2 Å². The number of rotatable bonds is 6. The van der Waals surface area contributed by atoms with E-state index in [1.807, 2.05) is 6.92 Å². The maximum Gasteiger partial charge on any atom is 0.387 e. The Morgan fingerprint density at radius 2 is 2.13 bits per heavy atom. The van der Waals surface area contributed by atoms with E-state index in [2.05, 4.69) is 10.1 Å². The van der Waals surface area contributed by atoms with E-state index >= 15 is 0 Å². The third-order valence-electron chi connectivity index (χ3n) is 3.70. The number of carbonyl (C=O) groups is 2. The van der Waals surface area contributed by atoms with Crippen molar-refractivity contribution in [3.8, 4) is 5.75 Å². The van der Waals surface area contributed by atoms with E-state index in [9.17, 15) is 18.4 Å². The predicted molar refractivity (Wildman–Crippen MR) is 80.4 cm³/mol. The Hall–Kier alpha value is -2.18. The van der Waals surface area contributed by atoms with Gasteiger partial charge in [-0.1, -0.05) is 19.1 Å². The molecule has 1 aromatic rings. The Morgan fingerprint density at radius 1 is 1.39 bits per heavy atom. The summed E-state index contributed by atoms with van der Waals surface area (Å²) in [5.41, 5.74) is 0.0444. The lowest BCUT2D eigenvalue weighted by molar-refractivity contribution is -0.124. The van der Waals surface area contributed by atoms with Gasteiger partial charge in [-0.2, -0.15) is 8.78 Å². The standard InChI is InChI=1S/C16H20F2N2O3/c1-2-9-19-14(21)12-7-5-10-20(12)15(22)11-6-3-4-8-13(11)23-16(17)18/h3-4,6,8,12,16H,2,5,7,9-10H2,1H3,(H,19,21). The molecule has 1 fully saturated rings. The van der Waals surface area contributed by atoms with E-state index < -0.39 is 18.6 Å². The van der Waals surface area contributed by atoms with Crippen molar-refractivity contribution < 1.29 is 23.1 Å². The second-order valence-corrected chi connectivity index (χ2v) is 5.32. The Kier molecular flexibility index (Phi) is 5.90. The van der Waals surface area contributed by atoms with Crippen molar-refractivity contribution in [3.63, 3.8) is 0 Å². The van der Waals surface area contributed by atoms with Crippen LogP contribution in [0.15, 0.2) is 24.3 Å². The highest BCUT2D eigenvalue weighted by Gasteiger charge is 2.35. The van der Waals surface area contributed by atoms with E-state index in [0.29, 0.717) is 25.9 Å². The molecular weight excluding hydrogens is 306 g/mol. The number of nitrogens with one attached hydrogen (secondary N) is 1. The quantitative estimate of drug-likeness (QED) is 0.873. The van der Waals surface area contributed by atoms with Gasteiger partial charge in [0.25, 0.3) is 5.91 Å². The average Bonchev–Trinajstić information content (AvgIpc) is 3.01. The van der Waals surface area contributed by atoms with Gasteiger partial charge >= 0.3 is 6.61 Å². The zero-order valence-electron chi connectivity index (χ0n) is 12.9. The van der Waals surface area contributed by atoms with Crippen molar-refractivity contribution in [1.29, 1.82) is 0 Å². The van der Waals surface area contributed by atoms with Crippen LogP contribution in [0, 0.1) is 0 Å². The van der Waals surface area contributed by atoms with Crippen LogP contribution in [-0.2, 0) is 4.79 Å². The van der Waals surface area contributed by atoms with Crippen molar-refractivity contribution in [3.05, 3.63) is 29.8 Å².